The largest absolute Gasteiger partial charge is 0.495 e. The number of carbonyl (C=O) groups is 2. The number of amides is 2. The van der Waals surface area contributed by atoms with Crippen LogP contribution in [0, 0.1) is 6.92 Å². The van der Waals surface area contributed by atoms with Crippen LogP contribution in [0.2, 0.25) is 0 Å². The van der Waals surface area contributed by atoms with Gasteiger partial charge in [-0.15, -0.1) is 0 Å². The predicted molar refractivity (Wildman–Crippen MR) is 61.6 cm³/mol. The summed E-state index contributed by atoms with van der Waals surface area (Å²) in [4.78, 5) is 23.9. The monoisotopic (exact) mass is 221 g/mol. The molecule has 0 aliphatic heterocycles. The molecule has 16 heavy (non-hydrogen) atoms. The van der Waals surface area contributed by atoms with Crippen molar-refractivity contribution >= 4 is 17.5 Å². The molecule has 0 aromatic heterocycles. The fourth-order valence-corrected chi connectivity index (χ4v) is 1.54. The molecule has 1 aromatic carbocycles. The van der Waals surface area contributed by atoms with E-state index in [-0.39, 0.29) is 11.8 Å². The van der Waals surface area contributed by atoms with Crippen LogP contribution in [0.25, 0.3) is 0 Å². The van der Waals surface area contributed by atoms with E-state index < -0.39 is 0 Å². The average Bonchev–Trinajstić information content (AvgIpc) is 2.17. The molecular weight excluding hydrogens is 206 g/mol. The van der Waals surface area contributed by atoms with Crippen molar-refractivity contribution in [3.05, 3.63) is 23.8 Å². The standard InChI is InChI=1S/C12H15NO3/c1-8-5-6-12(16-4)11(7-8)13(9(2)14)10(3)15/h5-7H,1-4H3. The first-order valence-corrected chi connectivity index (χ1v) is 4.93. The van der Waals surface area contributed by atoms with Crippen molar-refractivity contribution in [2.75, 3.05) is 12.0 Å². The van der Waals surface area contributed by atoms with E-state index in [1.54, 1.807) is 12.1 Å². The number of anilines is 1. The molecule has 4 nitrogen and oxygen atoms in total. The second-order valence-corrected chi connectivity index (χ2v) is 3.55. The van der Waals surface area contributed by atoms with Gasteiger partial charge in [0.15, 0.2) is 0 Å². The van der Waals surface area contributed by atoms with Crippen molar-refractivity contribution < 1.29 is 14.3 Å². The SMILES string of the molecule is COc1ccc(C)cc1N(C(C)=O)C(C)=O. The maximum Gasteiger partial charge on any atom is 0.230 e. The minimum Gasteiger partial charge on any atom is -0.495 e. The van der Waals surface area contributed by atoms with Crippen molar-refractivity contribution in [3.63, 3.8) is 0 Å². The molecule has 0 bridgehead atoms. The fraction of sp³-hybridized carbons (Fsp3) is 0.333. The summed E-state index contributed by atoms with van der Waals surface area (Å²) in [6.45, 7) is 4.59. The summed E-state index contributed by atoms with van der Waals surface area (Å²) in [7, 11) is 1.51. The van der Waals surface area contributed by atoms with E-state index in [1.165, 1.54) is 21.0 Å². The highest BCUT2D eigenvalue weighted by Gasteiger charge is 2.20. The summed E-state index contributed by atoms with van der Waals surface area (Å²) >= 11 is 0. The van der Waals surface area contributed by atoms with Gasteiger partial charge in [-0.05, 0) is 24.6 Å². The van der Waals surface area contributed by atoms with Gasteiger partial charge in [-0.1, -0.05) is 6.07 Å². The molecule has 0 fully saturated rings. The van der Waals surface area contributed by atoms with Gasteiger partial charge in [0.1, 0.15) is 5.75 Å². The smallest absolute Gasteiger partial charge is 0.230 e. The van der Waals surface area contributed by atoms with Gasteiger partial charge in [-0.2, -0.15) is 0 Å². The molecule has 0 aliphatic carbocycles. The first-order valence-electron chi connectivity index (χ1n) is 4.93. The lowest BCUT2D eigenvalue weighted by Crippen LogP contribution is -2.33. The summed E-state index contributed by atoms with van der Waals surface area (Å²) < 4.78 is 5.14. The topological polar surface area (TPSA) is 46.6 Å². The Morgan fingerprint density at radius 1 is 1.19 bits per heavy atom. The maximum absolute atomic E-state index is 11.4. The highest BCUT2D eigenvalue weighted by atomic mass is 16.5. The fourth-order valence-electron chi connectivity index (χ4n) is 1.54. The van der Waals surface area contributed by atoms with Crippen LogP contribution < -0.4 is 9.64 Å². The minimum absolute atomic E-state index is 0.323. The molecule has 1 aromatic rings. The Labute approximate surface area is 94.8 Å². The summed E-state index contributed by atoms with van der Waals surface area (Å²) in [6, 6.07) is 5.35. The van der Waals surface area contributed by atoms with Crippen LogP contribution in [0.3, 0.4) is 0 Å². The van der Waals surface area contributed by atoms with Crippen molar-refractivity contribution in [1.29, 1.82) is 0 Å². The number of carbonyl (C=O) groups excluding carboxylic acids is 2. The molecule has 0 atom stereocenters. The van der Waals surface area contributed by atoms with Gasteiger partial charge in [-0.3, -0.25) is 9.59 Å². The quantitative estimate of drug-likeness (QED) is 0.766. The lowest BCUT2D eigenvalue weighted by atomic mass is 10.2. The summed E-state index contributed by atoms with van der Waals surface area (Å²) in [5, 5.41) is 0. The van der Waals surface area contributed by atoms with Gasteiger partial charge in [0.05, 0.1) is 12.8 Å². The third-order valence-corrected chi connectivity index (χ3v) is 2.21. The molecule has 0 saturated carbocycles. The normalized spacial score (nSPS) is 9.75. The zero-order valence-corrected chi connectivity index (χ0v) is 9.90. The van der Waals surface area contributed by atoms with E-state index in [0.717, 1.165) is 10.5 Å². The number of methoxy groups -OCH3 is 1. The van der Waals surface area contributed by atoms with E-state index in [2.05, 4.69) is 0 Å². The number of hydrogen-bond acceptors (Lipinski definition) is 3. The van der Waals surface area contributed by atoms with E-state index in [4.69, 9.17) is 4.74 Å². The highest BCUT2D eigenvalue weighted by Crippen LogP contribution is 2.29. The Morgan fingerprint density at radius 3 is 2.19 bits per heavy atom. The first-order chi connectivity index (χ1) is 7.47. The number of ether oxygens (including phenoxy) is 1. The molecule has 0 saturated heterocycles. The zero-order valence-electron chi connectivity index (χ0n) is 9.90. The van der Waals surface area contributed by atoms with E-state index in [1.807, 2.05) is 13.0 Å². The Hall–Kier alpha value is -1.84. The van der Waals surface area contributed by atoms with E-state index >= 15 is 0 Å². The predicted octanol–water partition coefficient (Wildman–Crippen LogP) is 1.90. The van der Waals surface area contributed by atoms with Crippen LogP contribution >= 0.6 is 0 Å². The Balaban J connectivity index is 3.32. The molecular formula is C12H15NO3. The summed E-state index contributed by atoms with van der Waals surface area (Å²) in [5.74, 6) is -0.135. The van der Waals surface area contributed by atoms with Gasteiger partial charge in [0.25, 0.3) is 0 Å². The van der Waals surface area contributed by atoms with Gasteiger partial charge >= 0.3 is 0 Å². The summed E-state index contributed by atoms with van der Waals surface area (Å²) in [6.07, 6.45) is 0. The van der Waals surface area contributed by atoms with Crippen molar-refractivity contribution in [3.8, 4) is 5.75 Å². The third-order valence-electron chi connectivity index (χ3n) is 2.21. The van der Waals surface area contributed by atoms with Gasteiger partial charge < -0.3 is 4.74 Å². The number of nitrogens with zero attached hydrogens (tertiary/aromatic N) is 1. The van der Waals surface area contributed by atoms with E-state index in [9.17, 15) is 9.59 Å². The van der Waals surface area contributed by atoms with Gasteiger partial charge in [-0.25, -0.2) is 4.90 Å². The number of imide groups is 1. The summed E-state index contributed by atoms with van der Waals surface area (Å²) in [5.41, 5.74) is 1.45. The number of aryl methyl sites for hydroxylation is 1. The highest BCUT2D eigenvalue weighted by molar-refractivity contribution is 6.14. The minimum atomic E-state index is -0.323. The molecule has 0 N–H and O–H groups in total. The van der Waals surface area contributed by atoms with Crippen LogP contribution in [-0.4, -0.2) is 18.9 Å². The third kappa shape index (κ3) is 2.39. The van der Waals surface area contributed by atoms with Crippen LogP contribution in [0.15, 0.2) is 18.2 Å². The average molecular weight is 221 g/mol. The molecule has 0 spiro atoms. The first kappa shape index (κ1) is 12.2. The molecule has 0 heterocycles. The lowest BCUT2D eigenvalue weighted by Gasteiger charge is -2.20. The van der Waals surface area contributed by atoms with Crippen LogP contribution in [0.1, 0.15) is 19.4 Å². The zero-order chi connectivity index (χ0) is 12.3. The molecule has 1 rings (SSSR count). The van der Waals surface area contributed by atoms with Crippen molar-refractivity contribution in [1.82, 2.24) is 0 Å². The molecule has 4 heteroatoms. The van der Waals surface area contributed by atoms with Gasteiger partial charge in [0, 0.05) is 13.8 Å². The van der Waals surface area contributed by atoms with Crippen LogP contribution in [0.5, 0.6) is 5.75 Å². The molecule has 0 radical (unpaired) electrons. The number of rotatable bonds is 2. The second-order valence-electron chi connectivity index (χ2n) is 3.55. The Kier molecular flexibility index (Phi) is 3.66. The lowest BCUT2D eigenvalue weighted by molar-refractivity contribution is -0.124. The Bertz CT molecular complexity index is 412. The Morgan fingerprint density at radius 2 is 1.75 bits per heavy atom. The molecule has 2 amide bonds. The number of benzene rings is 1. The van der Waals surface area contributed by atoms with Crippen LogP contribution in [0.4, 0.5) is 5.69 Å². The molecule has 0 aliphatic rings. The van der Waals surface area contributed by atoms with Crippen LogP contribution in [-0.2, 0) is 9.59 Å². The second kappa shape index (κ2) is 4.79. The van der Waals surface area contributed by atoms with Gasteiger partial charge in [0.2, 0.25) is 11.8 Å². The molecule has 0 unspecified atom stereocenters. The van der Waals surface area contributed by atoms with Crippen molar-refractivity contribution in [2.24, 2.45) is 0 Å². The number of hydrogen-bond donors (Lipinski definition) is 0. The maximum atomic E-state index is 11.4. The van der Waals surface area contributed by atoms with Crippen molar-refractivity contribution in [2.45, 2.75) is 20.8 Å². The molecule has 86 valence electrons. The van der Waals surface area contributed by atoms with E-state index in [0.29, 0.717) is 11.4 Å².